The Bertz CT molecular complexity index is 351. The van der Waals surface area contributed by atoms with Crippen molar-refractivity contribution in [1.82, 2.24) is 5.32 Å². The van der Waals surface area contributed by atoms with Crippen LogP contribution in [0.15, 0.2) is 6.07 Å². The van der Waals surface area contributed by atoms with Gasteiger partial charge in [-0.05, 0) is 56.7 Å². The fraction of sp³-hybridized carbons (Fsp3) is 0.750. The lowest BCUT2D eigenvalue weighted by Crippen LogP contribution is -2.20. The van der Waals surface area contributed by atoms with Gasteiger partial charge in [-0.25, -0.2) is 0 Å². The van der Waals surface area contributed by atoms with Crippen LogP contribution in [-0.4, -0.2) is 20.3 Å². The van der Waals surface area contributed by atoms with Gasteiger partial charge in [-0.15, -0.1) is 11.3 Å². The molecule has 0 radical (unpaired) electrons. The fourth-order valence-corrected chi connectivity index (χ4v) is 4.25. The molecule has 1 atom stereocenters. The number of hydrogen-bond acceptors (Lipinski definition) is 3. The molecule has 0 amide bonds. The molecule has 1 N–H and O–H groups in total. The zero-order valence-corrected chi connectivity index (χ0v) is 13.2. The zero-order chi connectivity index (χ0) is 13.5. The van der Waals surface area contributed by atoms with Gasteiger partial charge in [0.1, 0.15) is 0 Å². The Morgan fingerprint density at radius 2 is 2.16 bits per heavy atom. The first kappa shape index (κ1) is 15.0. The highest BCUT2D eigenvalue weighted by Gasteiger charge is 2.17. The third-order valence-corrected chi connectivity index (χ3v) is 5.25. The second-order valence-electron chi connectivity index (χ2n) is 5.40. The van der Waals surface area contributed by atoms with Crippen molar-refractivity contribution >= 4 is 11.3 Å². The zero-order valence-electron chi connectivity index (χ0n) is 12.3. The molecule has 1 aliphatic carbocycles. The van der Waals surface area contributed by atoms with E-state index in [0.717, 1.165) is 19.6 Å². The summed E-state index contributed by atoms with van der Waals surface area (Å²) in [7, 11) is 1.79. The van der Waals surface area contributed by atoms with Gasteiger partial charge in [0.05, 0.1) is 0 Å². The molecule has 0 fully saturated rings. The third-order valence-electron chi connectivity index (χ3n) is 3.90. The van der Waals surface area contributed by atoms with E-state index >= 15 is 0 Å². The van der Waals surface area contributed by atoms with E-state index in [4.69, 9.17) is 4.74 Å². The minimum absolute atomic E-state index is 0.525. The van der Waals surface area contributed by atoms with E-state index < -0.39 is 0 Å². The number of thiophene rings is 1. The molecule has 1 aliphatic rings. The number of ether oxygens (including phenoxy) is 1. The van der Waals surface area contributed by atoms with Crippen LogP contribution in [0.3, 0.4) is 0 Å². The van der Waals surface area contributed by atoms with E-state index in [-0.39, 0.29) is 0 Å². The second kappa shape index (κ2) is 8.03. The maximum absolute atomic E-state index is 5.18. The van der Waals surface area contributed by atoms with Gasteiger partial charge in [-0.3, -0.25) is 0 Å². The van der Waals surface area contributed by atoms with Gasteiger partial charge in [0, 0.05) is 29.5 Å². The molecule has 0 aromatic carbocycles. The summed E-state index contributed by atoms with van der Waals surface area (Å²) in [6.07, 6.45) is 9.07. The number of methoxy groups -OCH3 is 1. The summed E-state index contributed by atoms with van der Waals surface area (Å²) < 4.78 is 5.18. The standard InChI is InChI=1S/C16H27NOS/c1-3-17-14(9-7-11-18-2)16-12-13-8-5-4-6-10-15(13)19-16/h12,14,17H,3-11H2,1-2H3. The van der Waals surface area contributed by atoms with Gasteiger partial charge in [-0.2, -0.15) is 0 Å². The van der Waals surface area contributed by atoms with Crippen LogP contribution < -0.4 is 5.32 Å². The highest BCUT2D eigenvalue weighted by Crippen LogP contribution is 2.33. The van der Waals surface area contributed by atoms with E-state index in [2.05, 4.69) is 29.6 Å². The average Bonchev–Trinajstić information content (AvgIpc) is 2.69. The molecule has 108 valence electrons. The molecular formula is C16H27NOS. The van der Waals surface area contributed by atoms with Crippen LogP contribution in [0.25, 0.3) is 0 Å². The van der Waals surface area contributed by atoms with Crippen LogP contribution in [0.1, 0.15) is 60.4 Å². The molecule has 0 aliphatic heterocycles. The van der Waals surface area contributed by atoms with E-state index in [1.165, 1.54) is 38.5 Å². The van der Waals surface area contributed by atoms with Gasteiger partial charge < -0.3 is 10.1 Å². The third kappa shape index (κ3) is 4.30. The second-order valence-corrected chi connectivity index (χ2v) is 6.57. The Hall–Kier alpha value is -0.380. The molecule has 0 spiro atoms. The van der Waals surface area contributed by atoms with Crippen molar-refractivity contribution in [2.24, 2.45) is 0 Å². The van der Waals surface area contributed by atoms with Gasteiger partial charge >= 0.3 is 0 Å². The first-order valence-corrected chi connectivity index (χ1v) is 8.50. The van der Waals surface area contributed by atoms with Gasteiger partial charge in [0.15, 0.2) is 0 Å². The van der Waals surface area contributed by atoms with Gasteiger partial charge in [-0.1, -0.05) is 13.3 Å². The van der Waals surface area contributed by atoms with Crippen molar-refractivity contribution in [3.63, 3.8) is 0 Å². The topological polar surface area (TPSA) is 21.3 Å². The van der Waals surface area contributed by atoms with Crippen LogP contribution in [0.5, 0.6) is 0 Å². The number of hydrogen-bond donors (Lipinski definition) is 1. The lowest BCUT2D eigenvalue weighted by Gasteiger charge is -2.16. The molecule has 1 aromatic rings. The summed E-state index contributed by atoms with van der Waals surface area (Å²) in [6.45, 7) is 4.11. The van der Waals surface area contributed by atoms with Gasteiger partial charge in [0.25, 0.3) is 0 Å². The molecule has 3 heteroatoms. The Labute approximate surface area is 121 Å². The first-order chi connectivity index (χ1) is 9.35. The molecule has 0 bridgehead atoms. The summed E-state index contributed by atoms with van der Waals surface area (Å²) in [4.78, 5) is 3.20. The highest BCUT2D eigenvalue weighted by atomic mass is 32.1. The largest absolute Gasteiger partial charge is 0.385 e. The minimum Gasteiger partial charge on any atom is -0.385 e. The number of fused-ring (bicyclic) bond motifs is 1. The van der Waals surface area contributed by atoms with Crippen molar-refractivity contribution in [3.05, 3.63) is 21.4 Å². The minimum atomic E-state index is 0.525. The van der Waals surface area contributed by atoms with Crippen LogP contribution in [0.2, 0.25) is 0 Å². The predicted octanol–water partition coefficient (Wildman–Crippen LogP) is 4.09. The van der Waals surface area contributed by atoms with Crippen LogP contribution in [0, 0.1) is 0 Å². The number of rotatable bonds is 7. The van der Waals surface area contributed by atoms with Crippen molar-refractivity contribution in [2.45, 2.75) is 57.9 Å². The molecular weight excluding hydrogens is 254 g/mol. The van der Waals surface area contributed by atoms with Crippen molar-refractivity contribution in [2.75, 3.05) is 20.3 Å². The molecule has 1 heterocycles. The lowest BCUT2D eigenvalue weighted by atomic mass is 10.1. The van der Waals surface area contributed by atoms with Crippen molar-refractivity contribution < 1.29 is 4.74 Å². The quantitative estimate of drug-likeness (QED) is 0.600. The SMILES string of the molecule is CCNC(CCCOC)c1cc2c(s1)CCCCC2. The van der Waals surface area contributed by atoms with Crippen molar-refractivity contribution in [1.29, 1.82) is 0 Å². The maximum Gasteiger partial charge on any atom is 0.0462 e. The van der Waals surface area contributed by atoms with E-state index in [1.807, 2.05) is 0 Å². The fourth-order valence-electron chi connectivity index (χ4n) is 2.89. The van der Waals surface area contributed by atoms with E-state index in [0.29, 0.717) is 6.04 Å². The van der Waals surface area contributed by atoms with Crippen LogP contribution in [-0.2, 0) is 17.6 Å². The monoisotopic (exact) mass is 281 g/mol. The lowest BCUT2D eigenvalue weighted by molar-refractivity contribution is 0.189. The summed E-state index contributed by atoms with van der Waals surface area (Å²) in [5.74, 6) is 0. The molecule has 2 rings (SSSR count). The average molecular weight is 281 g/mol. The van der Waals surface area contributed by atoms with Crippen LogP contribution >= 0.6 is 11.3 Å². The summed E-state index contributed by atoms with van der Waals surface area (Å²) in [6, 6.07) is 3.00. The molecule has 0 saturated carbocycles. The maximum atomic E-state index is 5.18. The number of nitrogens with one attached hydrogen (secondary N) is 1. The highest BCUT2D eigenvalue weighted by molar-refractivity contribution is 7.12. The molecule has 2 nitrogen and oxygen atoms in total. The molecule has 0 saturated heterocycles. The molecule has 19 heavy (non-hydrogen) atoms. The predicted molar refractivity (Wildman–Crippen MR) is 83.1 cm³/mol. The molecule has 1 aromatic heterocycles. The van der Waals surface area contributed by atoms with Crippen molar-refractivity contribution in [3.8, 4) is 0 Å². The Morgan fingerprint density at radius 1 is 1.32 bits per heavy atom. The Balaban J connectivity index is 2.03. The normalized spacial score (nSPS) is 16.9. The summed E-state index contributed by atoms with van der Waals surface area (Å²) in [5.41, 5.74) is 1.63. The Morgan fingerprint density at radius 3 is 2.95 bits per heavy atom. The summed E-state index contributed by atoms with van der Waals surface area (Å²) in [5, 5.41) is 3.64. The van der Waals surface area contributed by atoms with E-state index in [9.17, 15) is 0 Å². The Kier molecular flexibility index (Phi) is 6.35. The first-order valence-electron chi connectivity index (χ1n) is 7.69. The van der Waals surface area contributed by atoms with E-state index in [1.54, 1.807) is 22.4 Å². The van der Waals surface area contributed by atoms with Crippen LogP contribution in [0.4, 0.5) is 0 Å². The summed E-state index contributed by atoms with van der Waals surface area (Å²) >= 11 is 2.05. The smallest absolute Gasteiger partial charge is 0.0462 e. The van der Waals surface area contributed by atoms with Gasteiger partial charge in [0.2, 0.25) is 0 Å². The molecule has 1 unspecified atom stereocenters. The number of aryl methyl sites for hydroxylation is 2.